The zero-order valence-electron chi connectivity index (χ0n) is 23.2. The molecule has 0 bridgehead atoms. The van der Waals surface area contributed by atoms with Crippen LogP contribution in [0.2, 0.25) is 0 Å². The summed E-state index contributed by atoms with van der Waals surface area (Å²) >= 11 is 5.61. The summed E-state index contributed by atoms with van der Waals surface area (Å²) in [5, 5.41) is 0. The summed E-state index contributed by atoms with van der Waals surface area (Å²) in [7, 11) is 0. The predicted molar refractivity (Wildman–Crippen MR) is 150 cm³/mol. The monoisotopic (exact) mass is 569 g/mol. The van der Waals surface area contributed by atoms with Crippen LogP contribution in [0.1, 0.15) is 44.2 Å². The molecule has 214 valence electrons. The van der Waals surface area contributed by atoms with Crippen LogP contribution in [0.25, 0.3) is 11.1 Å². The van der Waals surface area contributed by atoms with Crippen LogP contribution in [0.5, 0.6) is 0 Å². The minimum atomic E-state index is -0.610. The van der Waals surface area contributed by atoms with Gasteiger partial charge in [0, 0.05) is 45.2 Å². The van der Waals surface area contributed by atoms with Gasteiger partial charge in [-0.1, -0.05) is 60.1 Å². The van der Waals surface area contributed by atoms with Crippen molar-refractivity contribution < 1.29 is 28.6 Å². The van der Waals surface area contributed by atoms with E-state index in [0.717, 1.165) is 0 Å². The highest BCUT2D eigenvalue weighted by Gasteiger charge is 2.52. The zero-order chi connectivity index (χ0) is 28.5. The third-order valence-corrected chi connectivity index (χ3v) is 7.96. The molecule has 2 aromatic carbocycles. The maximum atomic E-state index is 13.1. The summed E-state index contributed by atoms with van der Waals surface area (Å²) in [5.74, 6) is -0.416. The molecule has 0 radical (unpaired) electrons. The third kappa shape index (κ3) is 5.76. The molecular formula is C30H36ClN3O6. The van der Waals surface area contributed by atoms with Crippen LogP contribution in [0.15, 0.2) is 48.5 Å². The SMILES string of the molecule is CC(C)(C)OC(=O)N1CC(CC(=O)OCCl)(N2CCN(C(=O)OCC3c4ccccc4-c4ccccc43)CC2)C1. The van der Waals surface area contributed by atoms with Gasteiger partial charge in [-0.25, -0.2) is 9.59 Å². The number of benzene rings is 2. The van der Waals surface area contributed by atoms with Crippen molar-refractivity contribution in [2.24, 2.45) is 0 Å². The maximum absolute atomic E-state index is 13.1. The molecule has 9 nitrogen and oxygen atoms in total. The molecule has 0 aromatic heterocycles. The molecule has 0 saturated carbocycles. The van der Waals surface area contributed by atoms with E-state index in [1.54, 1.807) is 9.80 Å². The molecule has 0 atom stereocenters. The van der Waals surface area contributed by atoms with Gasteiger partial charge in [0.1, 0.15) is 12.2 Å². The lowest BCUT2D eigenvalue weighted by Gasteiger charge is -2.56. The minimum Gasteiger partial charge on any atom is -0.449 e. The van der Waals surface area contributed by atoms with Crippen LogP contribution in [0.4, 0.5) is 9.59 Å². The van der Waals surface area contributed by atoms with Crippen molar-refractivity contribution in [1.29, 1.82) is 0 Å². The summed E-state index contributed by atoms with van der Waals surface area (Å²) in [6.45, 7) is 8.39. The van der Waals surface area contributed by atoms with Crippen LogP contribution in [-0.4, -0.2) is 95.9 Å². The average molecular weight is 570 g/mol. The van der Waals surface area contributed by atoms with E-state index in [1.165, 1.54) is 22.3 Å². The number of carbonyl (C=O) groups is 3. The fourth-order valence-corrected chi connectivity index (χ4v) is 6.09. The third-order valence-electron chi connectivity index (χ3n) is 7.86. The van der Waals surface area contributed by atoms with Crippen LogP contribution < -0.4 is 0 Å². The first-order valence-corrected chi connectivity index (χ1v) is 14.2. The Morgan fingerprint density at radius 2 is 1.43 bits per heavy atom. The summed E-state index contributed by atoms with van der Waals surface area (Å²) < 4.78 is 16.4. The largest absolute Gasteiger partial charge is 0.449 e. The molecule has 1 aliphatic carbocycles. The lowest BCUT2D eigenvalue weighted by Crippen LogP contribution is -2.74. The first-order valence-electron chi connectivity index (χ1n) is 13.6. The van der Waals surface area contributed by atoms with Gasteiger partial charge in [-0.15, -0.1) is 0 Å². The van der Waals surface area contributed by atoms with Crippen molar-refractivity contribution in [2.45, 2.75) is 44.2 Å². The molecule has 40 heavy (non-hydrogen) atoms. The smallest absolute Gasteiger partial charge is 0.410 e. The quantitative estimate of drug-likeness (QED) is 0.284. The van der Waals surface area contributed by atoms with E-state index in [0.29, 0.717) is 39.3 Å². The lowest BCUT2D eigenvalue weighted by atomic mass is 9.84. The number of esters is 1. The van der Waals surface area contributed by atoms with Gasteiger partial charge in [0.25, 0.3) is 0 Å². The molecule has 0 N–H and O–H groups in total. The molecule has 10 heteroatoms. The van der Waals surface area contributed by atoms with Gasteiger partial charge in [0.2, 0.25) is 0 Å². The van der Waals surface area contributed by atoms with Gasteiger partial charge in [-0.05, 0) is 43.0 Å². The highest BCUT2D eigenvalue weighted by molar-refractivity contribution is 6.17. The molecule has 2 aromatic rings. The molecule has 0 unspecified atom stereocenters. The van der Waals surface area contributed by atoms with Gasteiger partial charge in [-0.2, -0.15) is 0 Å². The van der Waals surface area contributed by atoms with Crippen LogP contribution in [0, 0.1) is 0 Å². The Morgan fingerprint density at radius 1 is 0.850 bits per heavy atom. The first kappa shape index (κ1) is 28.2. The Bertz CT molecular complexity index is 1220. The van der Waals surface area contributed by atoms with E-state index in [1.807, 2.05) is 45.0 Å². The van der Waals surface area contributed by atoms with E-state index in [-0.39, 0.29) is 31.1 Å². The number of rotatable bonds is 6. The predicted octanol–water partition coefficient (Wildman–Crippen LogP) is 4.67. The summed E-state index contributed by atoms with van der Waals surface area (Å²) in [6, 6.07) is 16.3. The fourth-order valence-electron chi connectivity index (χ4n) is 5.97. The number of alkyl halides is 1. The second-order valence-electron chi connectivity index (χ2n) is 11.6. The maximum Gasteiger partial charge on any atom is 0.410 e. The van der Waals surface area contributed by atoms with Crippen molar-refractivity contribution >= 4 is 29.8 Å². The van der Waals surface area contributed by atoms with Crippen LogP contribution in [-0.2, 0) is 19.0 Å². The number of likely N-dealkylation sites (tertiary alicyclic amines) is 1. The highest BCUT2D eigenvalue weighted by atomic mass is 35.5. The van der Waals surface area contributed by atoms with E-state index in [4.69, 9.17) is 25.8 Å². The van der Waals surface area contributed by atoms with Gasteiger partial charge in [-0.3, -0.25) is 9.69 Å². The zero-order valence-corrected chi connectivity index (χ0v) is 24.0. The summed E-state index contributed by atoms with van der Waals surface area (Å²) in [6.07, 6.45) is -0.656. The summed E-state index contributed by atoms with van der Waals surface area (Å²) in [4.78, 5) is 43.5. The number of halogens is 1. The molecule has 5 rings (SSSR count). The molecule has 2 saturated heterocycles. The Labute approximate surface area is 239 Å². The molecule has 2 aliphatic heterocycles. The topological polar surface area (TPSA) is 88.6 Å². The second kappa shape index (κ2) is 11.3. The Hall–Kier alpha value is -3.30. The molecule has 2 heterocycles. The van der Waals surface area contributed by atoms with Crippen LogP contribution in [0.3, 0.4) is 0 Å². The number of ether oxygens (including phenoxy) is 3. The van der Waals surface area contributed by atoms with E-state index in [9.17, 15) is 14.4 Å². The van der Waals surface area contributed by atoms with Gasteiger partial charge < -0.3 is 24.0 Å². The normalized spacial score (nSPS) is 18.4. The van der Waals surface area contributed by atoms with Gasteiger partial charge in [0.15, 0.2) is 6.07 Å². The Morgan fingerprint density at radius 3 is 1.98 bits per heavy atom. The number of piperazine rings is 1. The van der Waals surface area contributed by atoms with E-state index in [2.05, 4.69) is 29.2 Å². The second-order valence-corrected chi connectivity index (χ2v) is 11.9. The average Bonchev–Trinajstić information content (AvgIpc) is 3.22. The Balaban J connectivity index is 1.18. The molecule has 0 spiro atoms. The standard InChI is InChI=1S/C30H36ClN3O6/c1-29(2,3)40-28(37)33-18-30(19-33,16-26(35)39-20-31)34-14-12-32(13-15-34)27(36)38-17-25-23-10-6-4-8-21(23)22-9-5-7-11-24(22)25/h4-11,25H,12-20H2,1-3H3. The number of carbonyl (C=O) groups excluding carboxylic acids is 3. The lowest BCUT2D eigenvalue weighted by molar-refractivity contribution is -0.151. The van der Waals surface area contributed by atoms with Gasteiger partial charge >= 0.3 is 18.2 Å². The number of amides is 2. The van der Waals surface area contributed by atoms with Crippen molar-refractivity contribution in [3.8, 4) is 11.1 Å². The van der Waals surface area contributed by atoms with E-state index >= 15 is 0 Å². The molecule has 2 amide bonds. The summed E-state index contributed by atoms with van der Waals surface area (Å²) in [5.41, 5.74) is 3.52. The van der Waals surface area contributed by atoms with E-state index < -0.39 is 23.2 Å². The minimum absolute atomic E-state index is 0.00247. The number of fused-ring (bicyclic) bond motifs is 3. The van der Waals surface area contributed by atoms with Crippen molar-refractivity contribution in [1.82, 2.24) is 14.7 Å². The van der Waals surface area contributed by atoms with Crippen molar-refractivity contribution in [3.05, 3.63) is 59.7 Å². The Kier molecular flexibility index (Phi) is 7.97. The number of hydrogen-bond donors (Lipinski definition) is 0. The highest BCUT2D eigenvalue weighted by Crippen LogP contribution is 2.44. The van der Waals surface area contributed by atoms with Crippen molar-refractivity contribution in [2.75, 3.05) is 51.9 Å². The molecule has 3 aliphatic rings. The number of hydrogen-bond acceptors (Lipinski definition) is 7. The van der Waals surface area contributed by atoms with Gasteiger partial charge in [0.05, 0.1) is 12.0 Å². The molecule has 2 fully saturated rings. The number of nitrogens with zero attached hydrogens (tertiary/aromatic N) is 3. The fraction of sp³-hybridized carbons (Fsp3) is 0.500. The molecular weight excluding hydrogens is 534 g/mol. The first-order chi connectivity index (χ1) is 19.1. The van der Waals surface area contributed by atoms with Crippen molar-refractivity contribution in [3.63, 3.8) is 0 Å². The van der Waals surface area contributed by atoms with Crippen LogP contribution >= 0.6 is 11.6 Å².